The Balaban J connectivity index is 3.54. The fourth-order valence-electron chi connectivity index (χ4n) is 1.62. The molecule has 0 aliphatic heterocycles. The molecule has 0 rings (SSSR count). The number of nitrogens with one attached hydrogen (secondary N) is 1. The van der Waals surface area contributed by atoms with Crippen LogP contribution in [0.4, 0.5) is 0 Å². The summed E-state index contributed by atoms with van der Waals surface area (Å²) in [5, 5.41) is 3.46. The molecule has 0 aliphatic rings. The Morgan fingerprint density at radius 3 is 2.60 bits per heavy atom. The van der Waals surface area contributed by atoms with E-state index in [0.29, 0.717) is 0 Å². The van der Waals surface area contributed by atoms with Gasteiger partial charge in [0.25, 0.3) is 0 Å². The zero-order chi connectivity index (χ0) is 11.5. The lowest BCUT2D eigenvalue weighted by Gasteiger charge is -2.21. The van der Waals surface area contributed by atoms with Gasteiger partial charge in [0.2, 0.25) is 0 Å². The molecule has 92 valence electrons. The summed E-state index contributed by atoms with van der Waals surface area (Å²) in [7, 11) is 1.75. The minimum Gasteiger partial charge on any atom is -0.383 e. The van der Waals surface area contributed by atoms with Gasteiger partial charge < -0.3 is 10.1 Å². The average molecular weight is 233 g/mol. The van der Waals surface area contributed by atoms with Gasteiger partial charge in [-0.1, -0.05) is 13.8 Å². The molecule has 0 aromatic heterocycles. The molecular formula is C12H27NOS. The molecule has 0 bridgehead atoms. The molecule has 0 aliphatic carbocycles. The normalized spacial score (nSPS) is 13.4. The lowest BCUT2D eigenvalue weighted by atomic mass is 9.91. The third kappa shape index (κ3) is 9.21. The van der Waals surface area contributed by atoms with Gasteiger partial charge in [0.15, 0.2) is 0 Å². The van der Waals surface area contributed by atoms with Crippen molar-refractivity contribution in [1.29, 1.82) is 0 Å². The van der Waals surface area contributed by atoms with E-state index in [-0.39, 0.29) is 0 Å². The summed E-state index contributed by atoms with van der Waals surface area (Å²) >= 11 is 1.95. The van der Waals surface area contributed by atoms with Crippen LogP contribution in [0.5, 0.6) is 0 Å². The number of thioether (sulfide) groups is 1. The van der Waals surface area contributed by atoms with E-state index in [1.54, 1.807) is 7.11 Å². The van der Waals surface area contributed by atoms with Crippen molar-refractivity contribution in [3.8, 4) is 0 Å². The van der Waals surface area contributed by atoms with Gasteiger partial charge in [0.1, 0.15) is 0 Å². The predicted octanol–water partition coefficient (Wildman–Crippen LogP) is 2.64. The van der Waals surface area contributed by atoms with Crippen LogP contribution >= 0.6 is 11.8 Å². The molecule has 15 heavy (non-hydrogen) atoms. The smallest absolute Gasteiger partial charge is 0.0587 e. The Bertz CT molecular complexity index is 131. The van der Waals surface area contributed by atoms with Gasteiger partial charge in [-0.15, -0.1) is 0 Å². The molecule has 1 atom stereocenters. The number of methoxy groups -OCH3 is 1. The van der Waals surface area contributed by atoms with Crippen molar-refractivity contribution in [2.75, 3.05) is 38.8 Å². The van der Waals surface area contributed by atoms with Crippen LogP contribution in [-0.4, -0.2) is 38.8 Å². The van der Waals surface area contributed by atoms with Crippen molar-refractivity contribution >= 4 is 11.8 Å². The number of ether oxygens (including phenoxy) is 1. The van der Waals surface area contributed by atoms with Crippen LogP contribution in [0.25, 0.3) is 0 Å². The first-order valence-corrected chi connectivity index (χ1v) is 7.30. The molecule has 0 saturated carbocycles. The third-order valence-corrected chi connectivity index (χ3v) is 3.45. The molecule has 0 heterocycles. The van der Waals surface area contributed by atoms with Gasteiger partial charge >= 0.3 is 0 Å². The molecule has 1 N–H and O–H groups in total. The van der Waals surface area contributed by atoms with E-state index in [9.17, 15) is 0 Å². The van der Waals surface area contributed by atoms with E-state index in [1.807, 2.05) is 11.8 Å². The van der Waals surface area contributed by atoms with E-state index < -0.39 is 0 Å². The maximum Gasteiger partial charge on any atom is 0.0587 e. The van der Waals surface area contributed by atoms with Crippen molar-refractivity contribution < 1.29 is 4.74 Å². The Labute approximate surface area is 99.5 Å². The summed E-state index contributed by atoms with van der Waals surface area (Å²) in [5.74, 6) is 2.89. The van der Waals surface area contributed by atoms with Crippen LogP contribution in [0.3, 0.4) is 0 Å². The lowest BCUT2D eigenvalue weighted by molar-refractivity contribution is 0.195. The van der Waals surface area contributed by atoms with Gasteiger partial charge in [0.05, 0.1) is 6.61 Å². The highest BCUT2D eigenvalue weighted by Gasteiger charge is 2.12. The molecule has 0 aromatic rings. The third-order valence-electron chi connectivity index (χ3n) is 2.76. The summed E-state index contributed by atoms with van der Waals surface area (Å²) in [5.41, 5.74) is 0. The zero-order valence-electron chi connectivity index (χ0n) is 10.7. The number of hydrogen-bond donors (Lipinski definition) is 1. The average Bonchev–Trinajstić information content (AvgIpc) is 2.21. The second kappa shape index (κ2) is 10.8. The summed E-state index contributed by atoms with van der Waals surface area (Å²) < 4.78 is 5.02. The highest BCUT2D eigenvalue weighted by Crippen LogP contribution is 2.17. The maximum atomic E-state index is 5.02. The molecule has 2 nitrogen and oxygen atoms in total. The molecule has 3 heteroatoms. The van der Waals surface area contributed by atoms with Gasteiger partial charge in [-0.2, -0.15) is 11.8 Å². The van der Waals surface area contributed by atoms with Crippen LogP contribution in [-0.2, 0) is 4.74 Å². The van der Waals surface area contributed by atoms with E-state index in [2.05, 4.69) is 25.4 Å². The minimum absolute atomic E-state index is 0.780. The second-order valence-electron chi connectivity index (χ2n) is 4.34. The van der Waals surface area contributed by atoms with E-state index in [1.165, 1.54) is 18.6 Å². The largest absolute Gasteiger partial charge is 0.383 e. The summed E-state index contributed by atoms with van der Waals surface area (Å²) in [6.07, 6.45) is 4.87. The first-order valence-electron chi connectivity index (χ1n) is 5.91. The first kappa shape index (κ1) is 15.3. The molecule has 0 saturated heterocycles. The fraction of sp³-hybridized carbons (Fsp3) is 1.00. The standard InChI is InChI=1S/C12H27NOS/c1-11(2)12(6-5-9-15-4)10-13-7-8-14-3/h11-13H,5-10H2,1-4H3. The SMILES string of the molecule is COCCNCC(CCCSC)C(C)C. The van der Waals surface area contributed by atoms with Gasteiger partial charge in [0, 0.05) is 13.7 Å². The van der Waals surface area contributed by atoms with Crippen LogP contribution in [0.1, 0.15) is 26.7 Å². The van der Waals surface area contributed by atoms with Crippen LogP contribution in [0.15, 0.2) is 0 Å². The summed E-state index contributed by atoms with van der Waals surface area (Å²) in [6, 6.07) is 0. The number of rotatable bonds is 10. The molecule has 1 unspecified atom stereocenters. The lowest BCUT2D eigenvalue weighted by Crippen LogP contribution is -2.28. The quantitative estimate of drug-likeness (QED) is 0.586. The first-order chi connectivity index (χ1) is 7.22. The molecule has 0 aromatic carbocycles. The highest BCUT2D eigenvalue weighted by atomic mass is 32.2. The van der Waals surface area contributed by atoms with Crippen LogP contribution < -0.4 is 5.32 Å². The van der Waals surface area contributed by atoms with E-state index in [4.69, 9.17) is 4.74 Å². The number of hydrogen-bond acceptors (Lipinski definition) is 3. The zero-order valence-corrected chi connectivity index (χ0v) is 11.5. The molecule has 0 radical (unpaired) electrons. The van der Waals surface area contributed by atoms with Crippen LogP contribution in [0, 0.1) is 11.8 Å². The Kier molecular flexibility index (Phi) is 11.0. The predicted molar refractivity (Wildman–Crippen MR) is 70.7 cm³/mol. The minimum atomic E-state index is 0.780. The highest BCUT2D eigenvalue weighted by molar-refractivity contribution is 7.98. The van der Waals surface area contributed by atoms with E-state index in [0.717, 1.165) is 31.5 Å². The van der Waals surface area contributed by atoms with Crippen molar-refractivity contribution in [2.45, 2.75) is 26.7 Å². The van der Waals surface area contributed by atoms with Gasteiger partial charge in [-0.05, 0) is 43.2 Å². The van der Waals surface area contributed by atoms with Crippen molar-refractivity contribution in [3.05, 3.63) is 0 Å². The summed E-state index contributed by atoms with van der Waals surface area (Å²) in [6.45, 7) is 7.57. The summed E-state index contributed by atoms with van der Waals surface area (Å²) in [4.78, 5) is 0. The Morgan fingerprint density at radius 2 is 2.07 bits per heavy atom. The van der Waals surface area contributed by atoms with Crippen molar-refractivity contribution in [3.63, 3.8) is 0 Å². The monoisotopic (exact) mass is 233 g/mol. The van der Waals surface area contributed by atoms with Gasteiger partial charge in [-0.25, -0.2) is 0 Å². The topological polar surface area (TPSA) is 21.3 Å². The van der Waals surface area contributed by atoms with E-state index >= 15 is 0 Å². The van der Waals surface area contributed by atoms with Crippen molar-refractivity contribution in [2.24, 2.45) is 11.8 Å². The second-order valence-corrected chi connectivity index (χ2v) is 5.32. The Morgan fingerprint density at radius 1 is 1.33 bits per heavy atom. The van der Waals surface area contributed by atoms with Crippen LogP contribution in [0.2, 0.25) is 0 Å². The molecule has 0 amide bonds. The molecule has 0 fully saturated rings. The molecule has 0 spiro atoms. The fourth-order valence-corrected chi connectivity index (χ4v) is 2.08. The Hall–Kier alpha value is 0.270. The molecular weight excluding hydrogens is 206 g/mol. The van der Waals surface area contributed by atoms with Crippen molar-refractivity contribution in [1.82, 2.24) is 5.32 Å². The van der Waals surface area contributed by atoms with Gasteiger partial charge in [-0.3, -0.25) is 0 Å². The maximum absolute atomic E-state index is 5.02.